The molecule has 0 amide bonds. The minimum absolute atomic E-state index is 0.229. The van der Waals surface area contributed by atoms with Crippen LogP contribution in [0.4, 0.5) is 0 Å². The lowest BCUT2D eigenvalue weighted by atomic mass is 9.71. The molecule has 0 heterocycles. The molecule has 0 saturated heterocycles. The van der Waals surface area contributed by atoms with Gasteiger partial charge in [-0.2, -0.15) is 0 Å². The third kappa shape index (κ3) is 2.18. The van der Waals surface area contributed by atoms with Gasteiger partial charge < -0.3 is 19.9 Å². The highest BCUT2D eigenvalue weighted by molar-refractivity contribution is 5.50. The molecule has 0 aromatic heterocycles. The molecule has 0 unspecified atom stereocenters. The average Bonchev–Trinajstić information content (AvgIpc) is 2.35. The first-order valence-corrected chi connectivity index (χ1v) is 6.18. The maximum absolute atomic E-state index is 6.42. The van der Waals surface area contributed by atoms with Crippen molar-refractivity contribution in [1.82, 2.24) is 0 Å². The number of rotatable bonds is 5. The molecule has 0 radical (unpaired) electrons. The van der Waals surface area contributed by atoms with Gasteiger partial charge in [0.2, 0.25) is 0 Å². The number of hydrogen-bond donors (Lipinski definition) is 1. The molecule has 1 aromatic carbocycles. The van der Waals surface area contributed by atoms with Crippen molar-refractivity contribution < 1.29 is 14.2 Å². The highest BCUT2D eigenvalue weighted by Gasteiger charge is 2.36. The Kier molecular flexibility index (Phi) is 3.78. The van der Waals surface area contributed by atoms with Gasteiger partial charge in [0.25, 0.3) is 0 Å². The van der Waals surface area contributed by atoms with Gasteiger partial charge in [-0.15, -0.1) is 0 Å². The Morgan fingerprint density at radius 3 is 2.17 bits per heavy atom. The van der Waals surface area contributed by atoms with Crippen molar-refractivity contribution in [2.45, 2.75) is 31.4 Å². The Morgan fingerprint density at radius 1 is 1.11 bits per heavy atom. The fraction of sp³-hybridized carbons (Fsp3) is 0.571. The van der Waals surface area contributed by atoms with E-state index in [0.717, 1.165) is 35.5 Å². The fourth-order valence-corrected chi connectivity index (χ4v) is 2.49. The second-order valence-electron chi connectivity index (χ2n) is 4.81. The van der Waals surface area contributed by atoms with E-state index in [4.69, 9.17) is 19.9 Å². The Balaban J connectivity index is 2.47. The smallest absolute Gasteiger partial charge is 0.161 e. The monoisotopic (exact) mass is 251 g/mol. The van der Waals surface area contributed by atoms with Gasteiger partial charge in [-0.3, -0.25) is 0 Å². The zero-order valence-corrected chi connectivity index (χ0v) is 11.3. The van der Waals surface area contributed by atoms with Gasteiger partial charge >= 0.3 is 0 Å². The highest BCUT2D eigenvalue weighted by atomic mass is 16.5. The van der Waals surface area contributed by atoms with Crippen molar-refractivity contribution in [3.63, 3.8) is 0 Å². The van der Waals surface area contributed by atoms with Crippen LogP contribution >= 0.6 is 0 Å². The average molecular weight is 251 g/mol. The summed E-state index contributed by atoms with van der Waals surface area (Å²) in [5, 5.41) is 0. The zero-order chi connectivity index (χ0) is 13.2. The van der Waals surface area contributed by atoms with Crippen molar-refractivity contribution in [2.24, 2.45) is 5.73 Å². The van der Waals surface area contributed by atoms with E-state index in [2.05, 4.69) is 0 Å². The lowest BCUT2D eigenvalue weighted by Crippen LogP contribution is -2.44. The Morgan fingerprint density at radius 2 is 1.72 bits per heavy atom. The van der Waals surface area contributed by atoms with E-state index >= 15 is 0 Å². The van der Waals surface area contributed by atoms with E-state index in [-0.39, 0.29) is 5.54 Å². The van der Waals surface area contributed by atoms with E-state index in [1.54, 1.807) is 21.3 Å². The summed E-state index contributed by atoms with van der Waals surface area (Å²) >= 11 is 0. The SMILES string of the molecule is COCc1cc(OC)c(OC)cc1C1(N)CCC1. The number of methoxy groups -OCH3 is 3. The predicted octanol–water partition coefficient (Wildman–Crippen LogP) is 2.19. The van der Waals surface area contributed by atoms with Crippen LogP contribution in [0.3, 0.4) is 0 Å². The highest BCUT2D eigenvalue weighted by Crippen LogP contribution is 2.43. The molecule has 1 fully saturated rings. The second-order valence-corrected chi connectivity index (χ2v) is 4.81. The predicted molar refractivity (Wildman–Crippen MR) is 70.0 cm³/mol. The third-order valence-electron chi connectivity index (χ3n) is 3.69. The van der Waals surface area contributed by atoms with Gasteiger partial charge in [0, 0.05) is 12.6 Å². The van der Waals surface area contributed by atoms with Gasteiger partial charge in [-0.25, -0.2) is 0 Å². The summed E-state index contributed by atoms with van der Waals surface area (Å²) in [5.74, 6) is 1.44. The first-order chi connectivity index (χ1) is 8.64. The molecule has 0 atom stereocenters. The van der Waals surface area contributed by atoms with Crippen molar-refractivity contribution >= 4 is 0 Å². The molecule has 4 nitrogen and oxygen atoms in total. The van der Waals surface area contributed by atoms with Gasteiger partial charge in [0.05, 0.1) is 20.8 Å². The van der Waals surface area contributed by atoms with Crippen LogP contribution in [0.15, 0.2) is 12.1 Å². The van der Waals surface area contributed by atoms with E-state index in [1.807, 2.05) is 12.1 Å². The van der Waals surface area contributed by atoms with Crippen LogP contribution in [0.25, 0.3) is 0 Å². The Labute approximate surface area is 108 Å². The summed E-state index contributed by atoms with van der Waals surface area (Å²) in [7, 11) is 4.96. The molecule has 18 heavy (non-hydrogen) atoms. The molecular weight excluding hydrogens is 230 g/mol. The maximum atomic E-state index is 6.42. The third-order valence-corrected chi connectivity index (χ3v) is 3.69. The molecular formula is C14H21NO3. The molecule has 1 aromatic rings. The van der Waals surface area contributed by atoms with E-state index in [1.165, 1.54) is 6.42 Å². The summed E-state index contributed by atoms with van der Waals surface area (Å²) in [6, 6.07) is 3.96. The molecule has 1 aliphatic carbocycles. The number of hydrogen-bond acceptors (Lipinski definition) is 4. The van der Waals surface area contributed by atoms with Crippen LogP contribution in [-0.4, -0.2) is 21.3 Å². The van der Waals surface area contributed by atoms with Crippen molar-refractivity contribution in [1.29, 1.82) is 0 Å². The first kappa shape index (κ1) is 13.2. The normalized spacial score (nSPS) is 17.1. The number of benzene rings is 1. The molecule has 100 valence electrons. The standard InChI is InChI=1S/C14H21NO3/c1-16-9-10-7-12(17-2)13(18-3)8-11(10)14(15)5-4-6-14/h7-8H,4-6,9,15H2,1-3H3. The number of ether oxygens (including phenoxy) is 3. The Hall–Kier alpha value is -1.26. The molecule has 2 N–H and O–H groups in total. The number of nitrogens with two attached hydrogens (primary N) is 1. The van der Waals surface area contributed by atoms with Crippen LogP contribution in [0, 0.1) is 0 Å². The van der Waals surface area contributed by atoms with Gasteiger partial charge in [0.15, 0.2) is 11.5 Å². The topological polar surface area (TPSA) is 53.7 Å². The maximum Gasteiger partial charge on any atom is 0.161 e. The molecule has 1 saturated carbocycles. The van der Waals surface area contributed by atoms with Crippen LogP contribution in [0.2, 0.25) is 0 Å². The van der Waals surface area contributed by atoms with Crippen LogP contribution in [0.5, 0.6) is 11.5 Å². The summed E-state index contributed by atoms with van der Waals surface area (Å²) < 4.78 is 15.9. The van der Waals surface area contributed by atoms with Crippen LogP contribution < -0.4 is 15.2 Å². The molecule has 2 rings (SSSR count). The molecule has 4 heteroatoms. The Bertz CT molecular complexity index is 427. The summed E-state index contributed by atoms with van der Waals surface area (Å²) in [5.41, 5.74) is 8.39. The quantitative estimate of drug-likeness (QED) is 0.871. The van der Waals surface area contributed by atoms with Crippen molar-refractivity contribution in [3.05, 3.63) is 23.3 Å². The fourth-order valence-electron chi connectivity index (χ4n) is 2.49. The van der Waals surface area contributed by atoms with Crippen molar-refractivity contribution in [3.8, 4) is 11.5 Å². The summed E-state index contributed by atoms with van der Waals surface area (Å²) in [6.45, 7) is 0.536. The van der Waals surface area contributed by atoms with Crippen molar-refractivity contribution in [2.75, 3.05) is 21.3 Å². The van der Waals surface area contributed by atoms with E-state index < -0.39 is 0 Å². The van der Waals surface area contributed by atoms with Crippen LogP contribution in [-0.2, 0) is 16.9 Å². The summed E-state index contributed by atoms with van der Waals surface area (Å²) in [6.07, 6.45) is 3.20. The minimum atomic E-state index is -0.229. The summed E-state index contributed by atoms with van der Waals surface area (Å²) in [4.78, 5) is 0. The van der Waals surface area contributed by atoms with E-state index in [9.17, 15) is 0 Å². The molecule has 1 aliphatic rings. The zero-order valence-electron chi connectivity index (χ0n) is 11.3. The molecule has 0 aliphatic heterocycles. The molecule has 0 bridgehead atoms. The van der Waals surface area contributed by atoms with Crippen LogP contribution in [0.1, 0.15) is 30.4 Å². The van der Waals surface area contributed by atoms with Gasteiger partial charge in [-0.05, 0) is 42.5 Å². The van der Waals surface area contributed by atoms with E-state index in [0.29, 0.717) is 6.61 Å². The lowest BCUT2D eigenvalue weighted by Gasteiger charge is -2.40. The minimum Gasteiger partial charge on any atom is -0.493 e. The van der Waals surface area contributed by atoms with Gasteiger partial charge in [-0.1, -0.05) is 0 Å². The first-order valence-electron chi connectivity index (χ1n) is 6.18. The lowest BCUT2D eigenvalue weighted by molar-refractivity contribution is 0.177. The largest absolute Gasteiger partial charge is 0.493 e. The second kappa shape index (κ2) is 5.16. The van der Waals surface area contributed by atoms with Gasteiger partial charge in [0.1, 0.15) is 0 Å². The molecule has 0 spiro atoms.